The van der Waals surface area contributed by atoms with Crippen LogP contribution in [0.5, 0.6) is 0 Å². The first kappa shape index (κ1) is 19.9. The van der Waals surface area contributed by atoms with Gasteiger partial charge >= 0.3 is 6.18 Å². The predicted octanol–water partition coefficient (Wildman–Crippen LogP) is 3.62. The van der Waals surface area contributed by atoms with E-state index in [1.165, 1.54) is 12.1 Å². The Morgan fingerprint density at radius 2 is 1.54 bits per heavy atom. The van der Waals surface area contributed by atoms with Crippen LogP contribution in [0, 0.1) is 17.5 Å². The Labute approximate surface area is 154 Å². The maximum Gasteiger partial charge on any atom is 0.435 e. The number of halogens is 6. The summed E-state index contributed by atoms with van der Waals surface area (Å²) in [5, 5.41) is 8.32. The summed E-state index contributed by atoms with van der Waals surface area (Å²) in [7, 11) is -4.42. The summed E-state index contributed by atoms with van der Waals surface area (Å²) in [6, 6.07) is 5.41. The van der Waals surface area contributed by atoms with Crippen molar-refractivity contribution in [1.82, 2.24) is 9.78 Å². The minimum Gasteiger partial charge on any atom is -0.231 e. The minimum absolute atomic E-state index is 0.272. The van der Waals surface area contributed by atoms with E-state index in [1.54, 1.807) is 0 Å². The summed E-state index contributed by atoms with van der Waals surface area (Å²) < 4.78 is 105. The number of para-hydroxylation sites is 1. The van der Waals surface area contributed by atoms with E-state index in [4.69, 9.17) is 5.14 Å². The van der Waals surface area contributed by atoms with Crippen LogP contribution < -0.4 is 5.14 Å². The number of benzene rings is 2. The Hall–Kier alpha value is -2.86. The first-order chi connectivity index (χ1) is 12.9. The molecule has 1 aromatic heterocycles. The van der Waals surface area contributed by atoms with Gasteiger partial charge in [-0.25, -0.2) is 31.4 Å². The van der Waals surface area contributed by atoms with Gasteiger partial charge in [0.1, 0.15) is 22.3 Å². The van der Waals surface area contributed by atoms with Crippen LogP contribution in [0.25, 0.3) is 16.9 Å². The molecular formula is C16H9F6N3O2S. The molecule has 2 N–H and O–H groups in total. The molecule has 0 aliphatic carbocycles. The highest BCUT2D eigenvalue weighted by Gasteiger charge is 2.36. The molecule has 28 heavy (non-hydrogen) atoms. The fraction of sp³-hybridized carbons (Fsp3) is 0.0625. The maximum atomic E-state index is 14.2. The van der Waals surface area contributed by atoms with Gasteiger partial charge in [-0.15, -0.1) is 0 Å². The second-order valence-electron chi connectivity index (χ2n) is 5.58. The fourth-order valence-electron chi connectivity index (χ4n) is 2.54. The number of alkyl halides is 3. The average molecular weight is 421 g/mol. The van der Waals surface area contributed by atoms with E-state index in [2.05, 4.69) is 5.10 Å². The first-order valence-electron chi connectivity index (χ1n) is 7.34. The molecule has 0 radical (unpaired) electrons. The van der Waals surface area contributed by atoms with Crippen molar-refractivity contribution in [2.75, 3.05) is 0 Å². The second kappa shape index (κ2) is 6.63. The van der Waals surface area contributed by atoms with Crippen LogP contribution in [-0.4, -0.2) is 18.2 Å². The monoisotopic (exact) mass is 421 g/mol. The molecule has 3 aromatic rings. The van der Waals surface area contributed by atoms with E-state index in [0.29, 0.717) is 10.7 Å². The summed E-state index contributed by atoms with van der Waals surface area (Å²) in [4.78, 5) is -0.629. The topological polar surface area (TPSA) is 78.0 Å². The standard InChI is InChI=1S/C16H9F6N3O2S/c17-8-5-9(18)15(10(19)6-8)12-7-14(16(20,21)22)24-25(12)11-3-1-2-4-13(11)28(23,26)27/h1-7H,(H2,23,26,27). The molecule has 0 aliphatic heterocycles. The lowest BCUT2D eigenvalue weighted by Crippen LogP contribution is -2.16. The zero-order valence-electron chi connectivity index (χ0n) is 13.5. The molecule has 12 heteroatoms. The molecule has 0 amide bonds. The summed E-state index contributed by atoms with van der Waals surface area (Å²) >= 11 is 0. The maximum absolute atomic E-state index is 14.2. The summed E-state index contributed by atoms with van der Waals surface area (Å²) in [5.41, 5.74) is -3.82. The number of aromatic nitrogens is 2. The Morgan fingerprint density at radius 1 is 0.964 bits per heavy atom. The number of rotatable bonds is 3. The molecule has 1 heterocycles. The van der Waals surface area contributed by atoms with Crippen molar-refractivity contribution in [3.63, 3.8) is 0 Å². The summed E-state index contributed by atoms with van der Waals surface area (Å²) in [5.74, 6) is -4.29. The quantitative estimate of drug-likeness (QED) is 0.657. The molecule has 0 spiro atoms. The van der Waals surface area contributed by atoms with Crippen molar-refractivity contribution in [2.45, 2.75) is 11.1 Å². The highest BCUT2D eigenvalue weighted by Crippen LogP contribution is 2.36. The van der Waals surface area contributed by atoms with Crippen molar-refractivity contribution < 1.29 is 34.8 Å². The highest BCUT2D eigenvalue weighted by molar-refractivity contribution is 7.89. The second-order valence-corrected chi connectivity index (χ2v) is 7.11. The van der Waals surface area contributed by atoms with Crippen LogP contribution in [-0.2, 0) is 16.2 Å². The molecule has 2 aromatic carbocycles. The molecule has 5 nitrogen and oxygen atoms in total. The number of hydrogen-bond acceptors (Lipinski definition) is 3. The Balaban J connectivity index is 2.41. The van der Waals surface area contributed by atoms with Crippen LogP contribution in [0.15, 0.2) is 47.4 Å². The minimum atomic E-state index is -5.01. The van der Waals surface area contributed by atoms with Gasteiger partial charge in [0.15, 0.2) is 5.69 Å². The van der Waals surface area contributed by atoms with Crippen molar-refractivity contribution in [3.05, 3.63) is 65.6 Å². The van der Waals surface area contributed by atoms with E-state index in [1.807, 2.05) is 0 Å². The lowest BCUT2D eigenvalue weighted by atomic mass is 10.1. The Kier molecular flexibility index (Phi) is 4.71. The third-order valence-electron chi connectivity index (χ3n) is 3.66. The number of sulfonamides is 1. The van der Waals surface area contributed by atoms with Gasteiger partial charge in [0.25, 0.3) is 0 Å². The van der Waals surface area contributed by atoms with Crippen LogP contribution in [0.2, 0.25) is 0 Å². The normalized spacial score (nSPS) is 12.4. The zero-order valence-corrected chi connectivity index (χ0v) is 14.3. The Bertz CT molecular complexity index is 1150. The van der Waals surface area contributed by atoms with Gasteiger partial charge in [-0.05, 0) is 18.2 Å². The number of primary sulfonamides is 1. The smallest absolute Gasteiger partial charge is 0.231 e. The van der Waals surface area contributed by atoms with Crippen LogP contribution in [0.4, 0.5) is 26.3 Å². The van der Waals surface area contributed by atoms with E-state index in [9.17, 15) is 34.8 Å². The van der Waals surface area contributed by atoms with Gasteiger partial charge in [-0.2, -0.15) is 18.3 Å². The highest BCUT2D eigenvalue weighted by atomic mass is 32.2. The molecule has 0 atom stereocenters. The third-order valence-corrected chi connectivity index (χ3v) is 4.62. The first-order valence-corrected chi connectivity index (χ1v) is 8.88. The van der Waals surface area contributed by atoms with E-state index >= 15 is 0 Å². The van der Waals surface area contributed by atoms with Gasteiger partial charge in [-0.1, -0.05) is 12.1 Å². The Morgan fingerprint density at radius 3 is 2.07 bits per heavy atom. The van der Waals surface area contributed by atoms with E-state index < -0.39 is 61.2 Å². The molecule has 148 valence electrons. The van der Waals surface area contributed by atoms with Crippen LogP contribution in [0.1, 0.15) is 5.69 Å². The molecule has 3 rings (SSSR count). The van der Waals surface area contributed by atoms with Gasteiger partial charge in [0.2, 0.25) is 10.0 Å². The van der Waals surface area contributed by atoms with Crippen molar-refractivity contribution in [3.8, 4) is 16.9 Å². The van der Waals surface area contributed by atoms with Crippen LogP contribution >= 0.6 is 0 Å². The zero-order chi connectivity index (χ0) is 20.9. The molecule has 0 saturated heterocycles. The molecule has 0 bridgehead atoms. The van der Waals surface area contributed by atoms with Gasteiger partial charge in [0.05, 0.1) is 16.9 Å². The number of hydrogen-bond donors (Lipinski definition) is 1. The predicted molar refractivity (Wildman–Crippen MR) is 85.2 cm³/mol. The fourth-order valence-corrected chi connectivity index (χ4v) is 3.26. The van der Waals surface area contributed by atoms with E-state index in [0.717, 1.165) is 12.1 Å². The largest absolute Gasteiger partial charge is 0.435 e. The van der Waals surface area contributed by atoms with Gasteiger partial charge in [-0.3, -0.25) is 0 Å². The van der Waals surface area contributed by atoms with Gasteiger partial charge < -0.3 is 0 Å². The SMILES string of the molecule is NS(=O)(=O)c1ccccc1-n1nc(C(F)(F)F)cc1-c1c(F)cc(F)cc1F. The number of nitrogens with two attached hydrogens (primary N) is 1. The molecular weight excluding hydrogens is 412 g/mol. The third kappa shape index (κ3) is 3.60. The van der Waals surface area contributed by atoms with Crippen molar-refractivity contribution in [2.24, 2.45) is 5.14 Å². The molecule has 0 aliphatic rings. The molecule has 0 saturated carbocycles. The summed E-state index contributed by atoms with van der Waals surface area (Å²) in [6.45, 7) is 0. The molecule has 0 fully saturated rings. The number of nitrogens with zero attached hydrogens (tertiary/aromatic N) is 2. The lowest BCUT2D eigenvalue weighted by Gasteiger charge is -2.12. The lowest BCUT2D eigenvalue weighted by molar-refractivity contribution is -0.141. The van der Waals surface area contributed by atoms with Crippen LogP contribution in [0.3, 0.4) is 0 Å². The molecule has 0 unspecified atom stereocenters. The summed E-state index contributed by atoms with van der Waals surface area (Å²) in [6.07, 6.45) is -5.01. The average Bonchev–Trinajstić information content (AvgIpc) is 2.98. The van der Waals surface area contributed by atoms with Crippen molar-refractivity contribution in [1.29, 1.82) is 0 Å². The van der Waals surface area contributed by atoms with Crippen molar-refractivity contribution >= 4 is 10.0 Å². The van der Waals surface area contributed by atoms with E-state index in [-0.39, 0.29) is 12.1 Å². The van der Waals surface area contributed by atoms with Gasteiger partial charge in [0, 0.05) is 12.1 Å².